The van der Waals surface area contributed by atoms with Crippen LogP contribution in [-0.2, 0) is 15.6 Å². The number of para-hydroxylation sites is 1. The number of carbonyl (C=O) groups is 2. The van der Waals surface area contributed by atoms with Gasteiger partial charge in [-0.3, -0.25) is 14.0 Å². The molecule has 8 heteroatoms. The molecule has 1 amide bonds. The van der Waals surface area contributed by atoms with E-state index in [0.29, 0.717) is 11.1 Å². The molecule has 0 spiro atoms. The Morgan fingerprint density at radius 3 is 2.42 bits per heavy atom. The number of aromatic nitrogens is 1. The van der Waals surface area contributed by atoms with Gasteiger partial charge in [0.15, 0.2) is 0 Å². The van der Waals surface area contributed by atoms with Gasteiger partial charge in [0.1, 0.15) is 6.04 Å². The van der Waals surface area contributed by atoms with E-state index in [2.05, 4.69) is 16.4 Å². The van der Waals surface area contributed by atoms with E-state index >= 15 is 0 Å². The second kappa shape index (κ2) is 13.3. The van der Waals surface area contributed by atoms with Crippen LogP contribution in [0.1, 0.15) is 33.5 Å². The Kier molecular flexibility index (Phi) is 10.2. The first-order valence-electron chi connectivity index (χ1n) is 11.9. The van der Waals surface area contributed by atoms with Crippen molar-refractivity contribution in [1.29, 1.82) is 0 Å². The number of rotatable bonds is 9. The standard InChI is InChI=1S/C30H28N2O4S.Li/c1-20-7-3-5-9-24(20)26-18-21(11-12-22-17-23-8-4-6-10-27(23)31-19-22)13-14-25(26)29(33)32-28(30(34)35)15-16-37(2)36;/h3-14,17-19,28H,15-16H2,1-2H3,(H,32,33)(H,34,35);. The Balaban J connectivity index is 0.00000400. The van der Waals surface area contributed by atoms with Gasteiger partial charge in [-0.1, -0.05) is 60.7 Å². The molecule has 4 rings (SSSR count). The van der Waals surface area contributed by atoms with Crippen molar-refractivity contribution in [2.24, 2.45) is 0 Å². The maximum Gasteiger partial charge on any atom is 0.326 e. The maximum atomic E-state index is 13.2. The molecule has 38 heavy (non-hydrogen) atoms. The number of carbonyl (C=O) groups excluding carboxylic acids is 1. The summed E-state index contributed by atoms with van der Waals surface area (Å²) in [7, 11) is -1.16. The summed E-state index contributed by atoms with van der Waals surface area (Å²) >= 11 is 0. The van der Waals surface area contributed by atoms with E-state index < -0.39 is 28.7 Å². The number of nitrogens with one attached hydrogen (secondary N) is 1. The molecule has 2 atom stereocenters. The topological polar surface area (TPSA) is 96.4 Å². The molecule has 0 aliphatic heterocycles. The third kappa shape index (κ3) is 7.29. The summed E-state index contributed by atoms with van der Waals surface area (Å²) in [6.45, 7) is 1.97. The van der Waals surface area contributed by atoms with Gasteiger partial charge in [-0.15, -0.1) is 0 Å². The van der Waals surface area contributed by atoms with E-state index in [0.717, 1.165) is 33.2 Å². The van der Waals surface area contributed by atoms with Crippen LogP contribution in [0.2, 0.25) is 0 Å². The molecule has 1 heterocycles. The summed E-state index contributed by atoms with van der Waals surface area (Å²) in [5, 5.41) is 13.2. The number of carboxylic acid groups (broad SMARTS) is 1. The maximum absolute atomic E-state index is 13.2. The van der Waals surface area contributed by atoms with Crippen LogP contribution >= 0.6 is 0 Å². The number of aryl methyl sites for hydroxylation is 1. The first kappa shape index (κ1) is 29.1. The fourth-order valence-electron chi connectivity index (χ4n) is 4.11. The van der Waals surface area contributed by atoms with E-state index in [1.54, 1.807) is 6.07 Å². The summed E-state index contributed by atoms with van der Waals surface area (Å²) in [6.07, 6.45) is 7.35. The van der Waals surface area contributed by atoms with Gasteiger partial charge in [0.05, 0.1) is 5.52 Å². The Morgan fingerprint density at radius 1 is 0.974 bits per heavy atom. The molecule has 0 aliphatic carbocycles. The number of aliphatic carboxylic acids is 1. The zero-order valence-electron chi connectivity index (χ0n) is 21.7. The van der Waals surface area contributed by atoms with Crippen LogP contribution in [0, 0.1) is 6.92 Å². The van der Waals surface area contributed by atoms with Gasteiger partial charge in [-0.05, 0) is 65.4 Å². The monoisotopic (exact) mass is 519 g/mol. The minimum Gasteiger partial charge on any atom is -0.480 e. The van der Waals surface area contributed by atoms with Crippen LogP contribution in [0.25, 0.3) is 34.2 Å². The second-order valence-electron chi connectivity index (χ2n) is 8.84. The number of hydrogen-bond acceptors (Lipinski definition) is 4. The molecule has 0 bridgehead atoms. The Labute approximate surface area is 236 Å². The Bertz CT molecular complexity index is 1520. The normalized spacial score (nSPS) is 12.6. The van der Waals surface area contributed by atoms with Crippen LogP contribution in [0.15, 0.2) is 79.0 Å². The van der Waals surface area contributed by atoms with Crippen LogP contribution in [0.4, 0.5) is 0 Å². The van der Waals surface area contributed by atoms with Crippen molar-refractivity contribution in [3.05, 3.63) is 101 Å². The Hall–Kier alpha value is -3.50. The molecule has 189 valence electrons. The fraction of sp³-hybridized carbons (Fsp3) is 0.167. The number of pyridine rings is 1. The predicted molar refractivity (Wildman–Crippen MR) is 155 cm³/mol. The minimum atomic E-state index is -1.16. The number of hydrogen-bond donors (Lipinski definition) is 2. The zero-order valence-corrected chi connectivity index (χ0v) is 22.5. The van der Waals surface area contributed by atoms with E-state index in [9.17, 15) is 18.9 Å². The largest absolute Gasteiger partial charge is 0.480 e. The summed E-state index contributed by atoms with van der Waals surface area (Å²) in [6, 6.07) is 22.1. The van der Waals surface area contributed by atoms with Crippen LogP contribution in [0.3, 0.4) is 0 Å². The van der Waals surface area contributed by atoms with E-state index in [-0.39, 0.29) is 31.0 Å². The van der Waals surface area contributed by atoms with Crippen molar-refractivity contribution < 1.29 is 18.9 Å². The number of fused-ring (bicyclic) bond motifs is 1. The average molecular weight is 520 g/mol. The van der Waals surface area contributed by atoms with Gasteiger partial charge in [-0.25, -0.2) is 4.79 Å². The van der Waals surface area contributed by atoms with Gasteiger partial charge in [0.2, 0.25) is 0 Å². The average Bonchev–Trinajstić information content (AvgIpc) is 2.89. The molecule has 1 radical (unpaired) electrons. The molecule has 4 aromatic rings. The van der Waals surface area contributed by atoms with Gasteiger partial charge < -0.3 is 10.4 Å². The predicted octanol–water partition coefficient (Wildman–Crippen LogP) is 4.95. The molecule has 2 unspecified atom stereocenters. The smallest absolute Gasteiger partial charge is 0.326 e. The number of amides is 1. The van der Waals surface area contributed by atoms with E-state index in [4.69, 9.17) is 0 Å². The number of carboxylic acids is 1. The quantitative estimate of drug-likeness (QED) is 0.305. The van der Waals surface area contributed by atoms with Gasteiger partial charge in [-0.2, -0.15) is 0 Å². The molecule has 0 saturated heterocycles. The molecule has 2 N–H and O–H groups in total. The van der Waals surface area contributed by atoms with Gasteiger partial charge in [0, 0.05) is 58.8 Å². The van der Waals surface area contributed by atoms with Crippen molar-refractivity contribution in [3.8, 4) is 11.1 Å². The third-order valence-corrected chi connectivity index (χ3v) is 6.91. The van der Waals surface area contributed by atoms with Crippen molar-refractivity contribution >= 4 is 64.6 Å². The van der Waals surface area contributed by atoms with Crippen molar-refractivity contribution in [2.75, 3.05) is 12.0 Å². The molecule has 6 nitrogen and oxygen atoms in total. The molecule has 0 saturated carbocycles. The minimum absolute atomic E-state index is 0. The SMILES string of the molecule is Cc1ccccc1-c1cc(C=Cc2cnc3ccccc3c2)ccc1C(=O)NC(CCS(C)=O)C(=O)O.[Li]. The van der Waals surface area contributed by atoms with E-state index in [1.807, 2.05) is 85.9 Å². The Morgan fingerprint density at radius 2 is 1.68 bits per heavy atom. The van der Waals surface area contributed by atoms with Crippen molar-refractivity contribution in [3.63, 3.8) is 0 Å². The molecule has 3 aromatic carbocycles. The molecule has 0 aliphatic rings. The van der Waals surface area contributed by atoms with Crippen LogP contribution in [0.5, 0.6) is 0 Å². The second-order valence-corrected chi connectivity index (χ2v) is 10.4. The van der Waals surface area contributed by atoms with Gasteiger partial charge >= 0.3 is 5.97 Å². The summed E-state index contributed by atoms with van der Waals surface area (Å²) in [4.78, 5) is 29.5. The summed E-state index contributed by atoms with van der Waals surface area (Å²) < 4.78 is 11.5. The molecular weight excluding hydrogens is 491 g/mol. The van der Waals surface area contributed by atoms with Gasteiger partial charge in [0.25, 0.3) is 5.91 Å². The summed E-state index contributed by atoms with van der Waals surface area (Å²) in [5.74, 6) is -1.45. The van der Waals surface area contributed by atoms with Crippen LogP contribution in [-0.4, -0.2) is 63.1 Å². The first-order valence-corrected chi connectivity index (χ1v) is 13.6. The molecular formula is C30H28LiN2O4S. The zero-order chi connectivity index (χ0) is 26.4. The third-order valence-electron chi connectivity index (χ3n) is 6.10. The van der Waals surface area contributed by atoms with Crippen molar-refractivity contribution in [1.82, 2.24) is 10.3 Å². The first-order chi connectivity index (χ1) is 17.8. The van der Waals surface area contributed by atoms with Crippen molar-refractivity contribution in [2.45, 2.75) is 19.4 Å². The number of benzene rings is 3. The van der Waals surface area contributed by atoms with Crippen LogP contribution < -0.4 is 5.32 Å². The van der Waals surface area contributed by atoms with E-state index in [1.165, 1.54) is 6.26 Å². The molecule has 1 aromatic heterocycles. The number of nitrogens with zero attached hydrogens (tertiary/aromatic N) is 1. The fourth-order valence-corrected chi connectivity index (χ4v) is 4.68. The summed E-state index contributed by atoms with van der Waals surface area (Å²) in [5.41, 5.74) is 5.74. The molecule has 0 fully saturated rings.